The minimum Gasteiger partial charge on any atom is -0.497 e. The van der Waals surface area contributed by atoms with E-state index in [1.165, 1.54) is 12.1 Å². The number of carbonyl (C=O) groups excluding carboxylic acids is 1. The van der Waals surface area contributed by atoms with Crippen molar-refractivity contribution in [2.24, 2.45) is 0 Å². The maximum Gasteiger partial charge on any atom is 0.416 e. The predicted octanol–water partition coefficient (Wildman–Crippen LogP) is 5.89. The first kappa shape index (κ1) is 27.2. The lowest BCUT2D eigenvalue weighted by Gasteiger charge is -2.26. The Kier molecular flexibility index (Phi) is 9.96. The van der Waals surface area contributed by atoms with E-state index in [4.69, 9.17) is 4.74 Å². The molecule has 0 aliphatic heterocycles. The van der Waals surface area contributed by atoms with Gasteiger partial charge < -0.3 is 10.1 Å². The Bertz CT molecular complexity index is 1040. The van der Waals surface area contributed by atoms with E-state index in [0.29, 0.717) is 18.6 Å². The number of hydrogen-bond acceptors (Lipinski definition) is 3. The highest BCUT2D eigenvalue weighted by Gasteiger charge is 2.30. The van der Waals surface area contributed by atoms with E-state index in [0.717, 1.165) is 28.8 Å². The number of alkyl halides is 3. The quantitative estimate of drug-likeness (QED) is 0.392. The monoisotopic (exact) mass is 492 g/mol. The van der Waals surface area contributed by atoms with E-state index in [1.807, 2.05) is 54.6 Å². The van der Waals surface area contributed by atoms with Gasteiger partial charge in [0.2, 0.25) is 5.91 Å². The molecular formula is C26H28ClF3N2O2. The van der Waals surface area contributed by atoms with Gasteiger partial charge in [-0.1, -0.05) is 54.6 Å². The largest absolute Gasteiger partial charge is 0.497 e. The summed E-state index contributed by atoms with van der Waals surface area (Å²) in [4.78, 5) is 12.7. The minimum atomic E-state index is -4.36. The van der Waals surface area contributed by atoms with Gasteiger partial charge in [-0.2, -0.15) is 13.2 Å². The number of rotatable bonds is 9. The Balaban J connectivity index is 0.00000408. The van der Waals surface area contributed by atoms with E-state index >= 15 is 0 Å². The summed E-state index contributed by atoms with van der Waals surface area (Å²) in [5.41, 5.74) is 1.86. The van der Waals surface area contributed by atoms with Crippen LogP contribution in [0.3, 0.4) is 0 Å². The van der Waals surface area contributed by atoms with Crippen LogP contribution in [0.5, 0.6) is 5.75 Å². The van der Waals surface area contributed by atoms with Crippen molar-refractivity contribution in [3.63, 3.8) is 0 Å². The van der Waals surface area contributed by atoms with Crippen LogP contribution in [0.4, 0.5) is 13.2 Å². The number of likely N-dealkylation sites (N-methyl/N-ethyl adjacent to an activating group) is 1. The van der Waals surface area contributed by atoms with Crippen molar-refractivity contribution in [2.75, 3.05) is 14.2 Å². The molecule has 0 fully saturated rings. The molecule has 0 radical (unpaired) electrons. The van der Waals surface area contributed by atoms with Crippen LogP contribution in [0.25, 0.3) is 0 Å². The van der Waals surface area contributed by atoms with E-state index in [9.17, 15) is 18.0 Å². The number of amides is 1. The normalized spacial score (nSPS) is 12.9. The third-order valence-corrected chi connectivity index (χ3v) is 5.51. The fraction of sp³-hybridized carbons (Fsp3) is 0.269. The average Bonchev–Trinajstić information content (AvgIpc) is 2.84. The van der Waals surface area contributed by atoms with E-state index < -0.39 is 17.8 Å². The standard InChI is InChI=1S/C26H27F3N2O2.ClH/c1-30-25(32)24(19-7-4-3-5-8-19)31-23(20-9-6-10-22(17-20)33-2)16-13-18-11-14-21(15-12-18)26(27,28)29;/h3-12,14-15,17,23-24,31H,13,16H2,1-2H3,(H,30,32);1H/t23-,24?;/m0./s1. The predicted molar refractivity (Wildman–Crippen MR) is 129 cm³/mol. The lowest BCUT2D eigenvalue weighted by atomic mass is 9.96. The molecule has 0 aliphatic carbocycles. The zero-order valence-electron chi connectivity index (χ0n) is 18.9. The molecule has 3 aromatic rings. The average molecular weight is 493 g/mol. The van der Waals surface area contributed by atoms with Gasteiger partial charge in [-0.05, 0) is 53.8 Å². The third kappa shape index (κ3) is 7.23. The van der Waals surface area contributed by atoms with E-state index in [-0.39, 0.29) is 24.4 Å². The topological polar surface area (TPSA) is 50.4 Å². The number of halogens is 4. The second-order valence-corrected chi connectivity index (χ2v) is 7.69. The van der Waals surface area contributed by atoms with Crippen LogP contribution in [0, 0.1) is 0 Å². The van der Waals surface area contributed by atoms with Gasteiger partial charge in [-0.25, -0.2) is 0 Å². The van der Waals surface area contributed by atoms with Gasteiger partial charge in [-0.15, -0.1) is 12.4 Å². The molecule has 182 valence electrons. The van der Waals surface area contributed by atoms with Crippen LogP contribution in [0.15, 0.2) is 78.9 Å². The van der Waals surface area contributed by atoms with E-state index in [1.54, 1.807) is 14.2 Å². The summed E-state index contributed by atoms with van der Waals surface area (Å²) in [6.07, 6.45) is -3.26. The van der Waals surface area contributed by atoms with Crippen LogP contribution in [0.2, 0.25) is 0 Å². The van der Waals surface area contributed by atoms with Crippen LogP contribution in [0.1, 0.15) is 40.8 Å². The molecule has 0 aromatic heterocycles. The molecule has 1 amide bonds. The lowest BCUT2D eigenvalue weighted by Crippen LogP contribution is -2.38. The fourth-order valence-corrected chi connectivity index (χ4v) is 3.69. The van der Waals surface area contributed by atoms with Gasteiger partial charge in [0, 0.05) is 13.1 Å². The molecule has 0 bridgehead atoms. The fourth-order valence-electron chi connectivity index (χ4n) is 3.69. The Hall–Kier alpha value is -3.03. The number of hydrogen-bond donors (Lipinski definition) is 2. The summed E-state index contributed by atoms with van der Waals surface area (Å²) >= 11 is 0. The van der Waals surface area contributed by atoms with E-state index in [2.05, 4.69) is 10.6 Å². The van der Waals surface area contributed by atoms with Crippen LogP contribution in [-0.4, -0.2) is 20.1 Å². The van der Waals surface area contributed by atoms with Gasteiger partial charge in [0.1, 0.15) is 11.8 Å². The molecule has 4 nitrogen and oxygen atoms in total. The maximum atomic E-state index is 12.9. The number of carbonyl (C=O) groups is 1. The highest BCUT2D eigenvalue weighted by atomic mass is 35.5. The molecule has 8 heteroatoms. The second-order valence-electron chi connectivity index (χ2n) is 7.69. The van der Waals surface area contributed by atoms with Crippen molar-refractivity contribution in [3.8, 4) is 5.75 Å². The highest BCUT2D eigenvalue weighted by molar-refractivity contribution is 5.85. The van der Waals surface area contributed by atoms with Gasteiger partial charge in [0.25, 0.3) is 0 Å². The first-order chi connectivity index (χ1) is 15.8. The number of aryl methyl sites for hydroxylation is 1. The zero-order chi connectivity index (χ0) is 23.8. The second kappa shape index (κ2) is 12.4. The maximum absolute atomic E-state index is 12.9. The summed E-state index contributed by atoms with van der Waals surface area (Å²) < 4.78 is 44.0. The molecule has 2 N–H and O–H groups in total. The summed E-state index contributed by atoms with van der Waals surface area (Å²) in [5, 5.41) is 6.15. The molecular weight excluding hydrogens is 465 g/mol. The van der Waals surface area contributed by atoms with Crippen molar-refractivity contribution >= 4 is 18.3 Å². The smallest absolute Gasteiger partial charge is 0.416 e. The Morgan fingerprint density at radius 1 is 0.941 bits per heavy atom. The molecule has 1 unspecified atom stereocenters. The Labute approximate surface area is 203 Å². The number of nitrogens with one attached hydrogen (secondary N) is 2. The molecule has 3 rings (SSSR count). The summed E-state index contributed by atoms with van der Waals surface area (Å²) in [7, 11) is 3.17. The van der Waals surface area contributed by atoms with Gasteiger partial charge in [0.15, 0.2) is 0 Å². The van der Waals surface area contributed by atoms with Gasteiger partial charge in [-0.3, -0.25) is 10.1 Å². The first-order valence-corrected chi connectivity index (χ1v) is 10.6. The molecule has 0 saturated carbocycles. The van der Waals surface area contributed by atoms with Crippen molar-refractivity contribution < 1.29 is 22.7 Å². The van der Waals surface area contributed by atoms with Gasteiger partial charge in [0.05, 0.1) is 12.7 Å². The van der Waals surface area contributed by atoms with Gasteiger partial charge >= 0.3 is 6.18 Å². The molecule has 0 heterocycles. The summed E-state index contributed by atoms with van der Waals surface area (Å²) in [6, 6.07) is 21.3. The first-order valence-electron chi connectivity index (χ1n) is 10.6. The highest BCUT2D eigenvalue weighted by Crippen LogP contribution is 2.30. The van der Waals surface area contributed by atoms with Crippen molar-refractivity contribution in [1.29, 1.82) is 0 Å². The SMILES string of the molecule is CNC(=O)C(N[C@@H](CCc1ccc(C(F)(F)F)cc1)c1cccc(OC)c1)c1ccccc1.Cl. The molecule has 0 saturated heterocycles. The summed E-state index contributed by atoms with van der Waals surface area (Å²) in [5.74, 6) is 0.508. The minimum absolute atomic E-state index is 0. The number of benzene rings is 3. The molecule has 2 atom stereocenters. The molecule has 34 heavy (non-hydrogen) atoms. The number of ether oxygens (including phenoxy) is 1. The lowest BCUT2D eigenvalue weighted by molar-refractivity contribution is -0.137. The van der Waals surface area contributed by atoms with Crippen molar-refractivity contribution in [2.45, 2.75) is 31.1 Å². The van der Waals surface area contributed by atoms with Crippen LogP contribution in [-0.2, 0) is 17.4 Å². The Morgan fingerprint density at radius 2 is 1.59 bits per heavy atom. The van der Waals surface area contributed by atoms with Crippen LogP contribution >= 0.6 is 12.4 Å². The number of methoxy groups -OCH3 is 1. The molecule has 3 aromatic carbocycles. The molecule has 0 aliphatic rings. The Morgan fingerprint density at radius 3 is 2.18 bits per heavy atom. The zero-order valence-corrected chi connectivity index (χ0v) is 19.7. The summed E-state index contributed by atoms with van der Waals surface area (Å²) in [6.45, 7) is 0. The molecule has 0 spiro atoms. The van der Waals surface area contributed by atoms with Crippen molar-refractivity contribution in [1.82, 2.24) is 10.6 Å². The third-order valence-electron chi connectivity index (χ3n) is 5.51. The van der Waals surface area contributed by atoms with Crippen LogP contribution < -0.4 is 15.4 Å². The van der Waals surface area contributed by atoms with Crippen molar-refractivity contribution in [3.05, 3.63) is 101 Å².